The zero-order valence-electron chi connectivity index (χ0n) is 10.7. The molecule has 0 saturated carbocycles. The quantitative estimate of drug-likeness (QED) is 0.418. The molecule has 0 aliphatic carbocycles. The Morgan fingerprint density at radius 2 is 2.35 bits per heavy atom. The molecule has 4 nitrogen and oxygen atoms in total. The Morgan fingerprint density at radius 1 is 1.53 bits per heavy atom. The molecule has 1 N–H and O–H groups in total. The van der Waals surface area contributed by atoms with Crippen LogP contribution in [0.5, 0.6) is 0 Å². The fraction of sp³-hybridized carbons (Fsp3) is 0.769. The first-order valence-corrected chi connectivity index (χ1v) is 6.41. The van der Waals surface area contributed by atoms with Gasteiger partial charge in [-0.1, -0.05) is 6.58 Å². The molecular weight excluding hydrogens is 218 g/mol. The Bertz CT molecular complexity index is 247. The zero-order valence-corrected chi connectivity index (χ0v) is 10.7. The fourth-order valence-corrected chi connectivity index (χ4v) is 1.84. The number of rotatable bonds is 7. The molecule has 0 amide bonds. The highest BCUT2D eigenvalue weighted by Gasteiger charge is 2.13. The van der Waals surface area contributed by atoms with Gasteiger partial charge < -0.3 is 14.8 Å². The van der Waals surface area contributed by atoms with E-state index in [0.29, 0.717) is 24.8 Å². The number of ether oxygens (including phenoxy) is 2. The summed E-state index contributed by atoms with van der Waals surface area (Å²) in [6, 6.07) is 0. The van der Waals surface area contributed by atoms with E-state index in [1.54, 1.807) is 6.92 Å². The molecule has 1 heterocycles. The van der Waals surface area contributed by atoms with E-state index in [2.05, 4.69) is 11.9 Å². The molecule has 0 bridgehead atoms. The van der Waals surface area contributed by atoms with Crippen molar-refractivity contribution in [1.29, 1.82) is 0 Å². The van der Waals surface area contributed by atoms with Crippen LogP contribution in [0.3, 0.4) is 0 Å². The molecule has 1 aliphatic rings. The molecular formula is C13H23NO3. The summed E-state index contributed by atoms with van der Waals surface area (Å²) in [6.45, 7) is 8.11. The number of hydrogen-bond donors (Lipinski definition) is 1. The minimum atomic E-state index is -0.311. The predicted octanol–water partition coefficient (Wildman–Crippen LogP) is 1.65. The first-order valence-electron chi connectivity index (χ1n) is 6.41. The summed E-state index contributed by atoms with van der Waals surface area (Å²) in [5.41, 5.74) is 0.483. The summed E-state index contributed by atoms with van der Waals surface area (Å²) >= 11 is 0. The normalized spacial score (nSPS) is 19.9. The highest BCUT2D eigenvalue weighted by atomic mass is 16.5. The van der Waals surface area contributed by atoms with Crippen molar-refractivity contribution in [3.05, 3.63) is 12.2 Å². The maximum atomic E-state index is 11.3. The molecule has 4 heteroatoms. The Kier molecular flexibility index (Phi) is 6.89. The van der Waals surface area contributed by atoms with E-state index in [-0.39, 0.29) is 5.97 Å². The van der Waals surface area contributed by atoms with Crippen LogP contribution in [0.4, 0.5) is 0 Å². The fourth-order valence-electron chi connectivity index (χ4n) is 1.84. The van der Waals surface area contributed by atoms with E-state index in [9.17, 15) is 4.79 Å². The Balaban J connectivity index is 2.03. The highest BCUT2D eigenvalue weighted by Crippen LogP contribution is 2.14. The first kappa shape index (κ1) is 14.2. The highest BCUT2D eigenvalue weighted by molar-refractivity contribution is 5.88. The van der Waals surface area contributed by atoms with Gasteiger partial charge in [0.15, 0.2) is 0 Å². The van der Waals surface area contributed by atoms with Crippen molar-refractivity contribution in [2.45, 2.75) is 38.7 Å². The van der Waals surface area contributed by atoms with Crippen LogP contribution in [0.15, 0.2) is 12.2 Å². The lowest BCUT2D eigenvalue weighted by molar-refractivity contribution is -0.138. The van der Waals surface area contributed by atoms with Gasteiger partial charge in [0, 0.05) is 18.7 Å². The summed E-state index contributed by atoms with van der Waals surface area (Å²) in [5, 5.41) is 3.19. The van der Waals surface area contributed by atoms with Gasteiger partial charge >= 0.3 is 5.97 Å². The van der Waals surface area contributed by atoms with Crippen molar-refractivity contribution in [1.82, 2.24) is 5.32 Å². The van der Waals surface area contributed by atoms with Crippen LogP contribution in [0.1, 0.15) is 32.6 Å². The number of nitrogens with one attached hydrogen (secondary N) is 1. The molecule has 98 valence electrons. The SMILES string of the molecule is C=C(CNCCC1CCCCO1)C(=O)OCC. The first-order chi connectivity index (χ1) is 8.24. The van der Waals surface area contributed by atoms with Gasteiger partial charge in [-0.15, -0.1) is 0 Å². The lowest BCUT2D eigenvalue weighted by atomic mass is 10.1. The number of hydrogen-bond acceptors (Lipinski definition) is 4. The van der Waals surface area contributed by atoms with Gasteiger partial charge in [-0.2, -0.15) is 0 Å². The van der Waals surface area contributed by atoms with Crippen LogP contribution in [-0.4, -0.2) is 38.4 Å². The second-order valence-corrected chi connectivity index (χ2v) is 4.28. The Labute approximate surface area is 103 Å². The van der Waals surface area contributed by atoms with Crippen molar-refractivity contribution in [3.8, 4) is 0 Å². The van der Waals surface area contributed by atoms with Gasteiger partial charge in [0.25, 0.3) is 0 Å². The van der Waals surface area contributed by atoms with Crippen molar-refractivity contribution < 1.29 is 14.3 Å². The number of carbonyl (C=O) groups excluding carboxylic acids is 1. The molecule has 0 radical (unpaired) electrons. The molecule has 0 aromatic carbocycles. The van der Waals surface area contributed by atoms with Gasteiger partial charge in [0.05, 0.1) is 12.7 Å². The van der Waals surface area contributed by atoms with E-state index >= 15 is 0 Å². The largest absolute Gasteiger partial charge is 0.463 e. The van der Waals surface area contributed by atoms with E-state index in [1.807, 2.05) is 0 Å². The van der Waals surface area contributed by atoms with E-state index < -0.39 is 0 Å². The molecule has 1 aliphatic heterocycles. The van der Waals surface area contributed by atoms with Crippen LogP contribution in [-0.2, 0) is 14.3 Å². The molecule has 1 unspecified atom stereocenters. The Morgan fingerprint density at radius 3 is 3.00 bits per heavy atom. The topological polar surface area (TPSA) is 47.6 Å². The summed E-state index contributed by atoms with van der Waals surface area (Å²) in [5.74, 6) is -0.311. The average Bonchev–Trinajstić information content (AvgIpc) is 2.36. The third-order valence-electron chi connectivity index (χ3n) is 2.82. The van der Waals surface area contributed by atoms with Gasteiger partial charge in [-0.3, -0.25) is 0 Å². The van der Waals surface area contributed by atoms with Gasteiger partial charge in [-0.05, 0) is 39.2 Å². The standard InChI is InChI=1S/C13H23NO3/c1-3-16-13(15)11(2)10-14-8-7-12-6-4-5-9-17-12/h12,14H,2-10H2,1H3. The van der Waals surface area contributed by atoms with Crippen LogP contribution in [0.25, 0.3) is 0 Å². The molecule has 0 aromatic heterocycles. The van der Waals surface area contributed by atoms with Crippen LogP contribution in [0.2, 0.25) is 0 Å². The lowest BCUT2D eigenvalue weighted by Gasteiger charge is -2.22. The van der Waals surface area contributed by atoms with Gasteiger partial charge in [-0.25, -0.2) is 4.79 Å². The number of esters is 1. The molecule has 17 heavy (non-hydrogen) atoms. The van der Waals surface area contributed by atoms with Crippen molar-refractivity contribution in [2.24, 2.45) is 0 Å². The van der Waals surface area contributed by atoms with Crippen LogP contribution < -0.4 is 5.32 Å². The minimum Gasteiger partial charge on any atom is -0.463 e. The van der Waals surface area contributed by atoms with Crippen molar-refractivity contribution in [3.63, 3.8) is 0 Å². The number of carbonyl (C=O) groups is 1. The van der Waals surface area contributed by atoms with Crippen molar-refractivity contribution >= 4 is 5.97 Å². The second kappa shape index (κ2) is 8.25. The van der Waals surface area contributed by atoms with Gasteiger partial charge in [0.1, 0.15) is 0 Å². The lowest BCUT2D eigenvalue weighted by Crippen LogP contribution is -2.27. The molecule has 1 atom stereocenters. The smallest absolute Gasteiger partial charge is 0.334 e. The van der Waals surface area contributed by atoms with E-state index in [1.165, 1.54) is 12.8 Å². The average molecular weight is 241 g/mol. The Hall–Kier alpha value is -0.870. The van der Waals surface area contributed by atoms with Gasteiger partial charge in [0.2, 0.25) is 0 Å². The molecule has 0 aromatic rings. The van der Waals surface area contributed by atoms with E-state index in [0.717, 1.165) is 26.0 Å². The monoisotopic (exact) mass is 241 g/mol. The molecule has 1 rings (SSSR count). The summed E-state index contributed by atoms with van der Waals surface area (Å²) in [7, 11) is 0. The zero-order chi connectivity index (χ0) is 12.5. The maximum Gasteiger partial charge on any atom is 0.334 e. The molecule has 1 fully saturated rings. The maximum absolute atomic E-state index is 11.3. The van der Waals surface area contributed by atoms with E-state index in [4.69, 9.17) is 9.47 Å². The summed E-state index contributed by atoms with van der Waals surface area (Å²) < 4.78 is 10.5. The third kappa shape index (κ3) is 5.84. The molecule has 1 saturated heterocycles. The summed E-state index contributed by atoms with van der Waals surface area (Å²) in [4.78, 5) is 11.3. The summed E-state index contributed by atoms with van der Waals surface area (Å²) in [6.07, 6.45) is 4.98. The van der Waals surface area contributed by atoms with Crippen LogP contribution >= 0.6 is 0 Å². The minimum absolute atomic E-state index is 0.311. The second-order valence-electron chi connectivity index (χ2n) is 4.28. The third-order valence-corrected chi connectivity index (χ3v) is 2.82. The van der Waals surface area contributed by atoms with Crippen molar-refractivity contribution in [2.75, 3.05) is 26.3 Å². The van der Waals surface area contributed by atoms with Crippen LogP contribution in [0, 0.1) is 0 Å². The molecule has 0 spiro atoms. The predicted molar refractivity (Wildman–Crippen MR) is 66.9 cm³/mol.